The minimum Gasteiger partial charge on any atom is -0.348 e. The maximum absolute atomic E-state index is 13.0. The smallest absolute Gasteiger partial charge is 0.254 e. The summed E-state index contributed by atoms with van der Waals surface area (Å²) in [5.74, 6) is 0.0441. The van der Waals surface area contributed by atoms with E-state index in [2.05, 4.69) is 21.4 Å². The van der Waals surface area contributed by atoms with Gasteiger partial charge in [0.05, 0.1) is 18.3 Å². The van der Waals surface area contributed by atoms with Crippen molar-refractivity contribution in [1.82, 2.24) is 20.0 Å². The Morgan fingerprint density at radius 2 is 2.07 bits per heavy atom. The predicted octanol–water partition coefficient (Wildman–Crippen LogP) is 1.59. The Hall–Kier alpha value is -2.67. The second kappa shape index (κ2) is 8.14. The Morgan fingerprint density at radius 3 is 2.89 bits per heavy atom. The van der Waals surface area contributed by atoms with Crippen molar-refractivity contribution in [2.75, 3.05) is 31.1 Å². The molecule has 7 nitrogen and oxygen atoms in total. The highest BCUT2D eigenvalue weighted by Crippen LogP contribution is 2.27. The molecular weight excluding hydrogens is 354 g/mol. The summed E-state index contributed by atoms with van der Waals surface area (Å²) >= 11 is 0. The lowest BCUT2D eigenvalue weighted by Crippen LogP contribution is -2.51. The van der Waals surface area contributed by atoms with E-state index >= 15 is 0 Å². The number of aromatic nitrogens is 2. The SMILES string of the molecule is Cn1cc(C(=O)NC2CCCN(CC(=O)N3CCCc4ccccc43)C2)cn1. The van der Waals surface area contributed by atoms with Crippen molar-refractivity contribution in [3.63, 3.8) is 0 Å². The van der Waals surface area contributed by atoms with E-state index in [-0.39, 0.29) is 17.9 Å². The van der Waals surface area contributed by atoms with Gasteiger partial charge in [0.1, 0.15) is 0 Å². The minimum atomic E-state index is -0.101. The number of fused-ring (bicyclic) bond motifs is 1. The molecule has 1 saturated heterocycles. The van der Waals surface area contributed by atoms with E-state index in [1.165, 1.54) is 5.56 Å². The molecule has 0 bridgehead atoms. The van der Waals surface area contributed by atoms with Gasteiger partial charge >= 0.3 is 0 Å². The summed E-state index contributed by atoms with van der Waals surface area (Å²) in [4.78, 5) is 29.4. The summed E-state index contributed by atoms with van der Waals surface area (Å²) in [5.41, 5.74) is 2.88. The molecule has 1 atom stereocenters. The number of anilines is 1. The second-order valence-corrected chi connectivity index (χ2v) is 7.73. The molecule has 148 valence electrons. The van der Waals surface area contributed by atoms with Gasteiger partial charge in [-0.2, -0.15) is 5.10 Å². The molecule has 0 aliphatic carbocycles. The number of piperidine rings is 1. The summed E-state index contributed by atoms with van der Waals surface area (Å²) in [7, 11) is 1.80. The van der Waals surface area contributed by atoms with Crippen LogP contribution in [-0.4, -0.2) is 58.7 Å². The van der Waals surface area contributed by atoms with E-state index in [9.17, 15) is 9.59 Å². The van der Waals surface area contributed by atoms with Crippen LogP contribution in [0.3, 0.4) is 0 Å². The first-order valence-corrected chi connectivity index (χ1v) is 10.0. The first-order chi connectivity index (χ1) is 13.6. The number of hydrogen-bond donors (Lipinski definition) is 1. The van der Waals surface area contributed by atoms with Crippen molar-refractivity contribution in [2.45, 2.75) is 31.7 Å². The van der Waals surface area contributed by atoms with Gasteiger partial charge in [0.2, 0.25) is 5.91 Å². The van der Waals surface area contributed by atoms with E-state index in [0.29, 0.717) is 18.7 Å². The molecule has 2 aliphatic rings. The summed E-state index contributed by atoms with van der Waals surface area (Å²) in [6.45, 7) is 2.77. The number of carbonyl (C=O) groups is 2. The van der Waals surface area contributed by atoms with Gasteiger partial charge in [0, 0.05) is 38.1 Å². The van der Waals surface area contributed by atoms with Crippen molar-refractivity contribution in [3.8, 4) is 0 Å². The van der Waals surface area contributed by atoms with Crippen LogP contribution >= 0.6 is 0 Å². The fraction of sp³-hybridized carbons (Fsp3) is 0.476. The zero-order chi connectivity index (χ0) is 19.5. The Morgan fingerprint density at radius 1 is 1.21 bits per heavy atom. The molecule has 4 rings (SSSR count). The number of rotatable bonds is 4. The molecule has 0 saturated carbocycles. The number of hydrogen-bond acceptors (Lipinski definition) is 4. The van der Waals surface area contributed by atoms with Crippen LogP contribution in [0.5, 0.6) is 0 Å². The Labute approximate surface area is 165 Å². The molecule has 2 amide bonds. The molecule has 7 heteroatoms. The molecule has 1 unspecified atom stereocenters. The Balaban J connectivity index is 1.35. The fourth-order valence-electron chi connectivity index (χ4n) is 4.19. The molecule has 1 N–H and O–H groups in total. The predicted molar refractivity (Wildman–Crippen MR) is 107 cm³/mol. The van der Waals surface area contributed by atoms with Gasteiger partial charge in [-0.3, -0.25) is 19.2 Å². The number of nitrogens with zero attached hydrogens (tertiary/aromatic N) is 4. The third-order valence-electron chi connectivity index (χ3n) is 5.58. The fourth-order valence-corrected chi connectivity index (χ4v) is 4.19. The molecule has 0 spiro atoms. The number of para-hydroxylation sites is 1. The molecule has 28 heavy (non-hydrogen) atoms. The van der Waals surface area contributed by atoms with Crippen LogP contribution in [-0.2, 0) is 18.3 Å². The highest BCUT2D eigenvalue weighted by molar-refractivity contribution is 5.96. The quantitative estimate of drug-likeness (QED) is 0.873. The number of amides is 2. The van der Waals surface area contributed by atoms with E-state index in [1.54, 1.807) is 24.1 Å². The van der Waals surface area contributed by atoms with Crippen LogP contribution in [0.2, 0.25) is 0 Å². The van der Waals surface area contributed by atoms with E-state index in [0.717, 1.165) is 44.5 Å². The van der Waals surface area contributed by atoms with Crippen molar-refractivity contribution in [2.24, 2.45) is 7.05 Å². The van der Waals surface area contributed by atoms with E-state index in [4.69, 9.17) is 0 Å². The first-order valence-electron chi connectivity index (χ1n) is 10.0. The van der Waals surface area contributed by atoms with Gasteiger partial charge in [0.15, 0.2) is 0 Å². The molecule has 2 aromatic rings. The Bertz CT molecular complexity index is 862. The van der Waals surface area contributed by atoms with Crippen LogP contribution in [0.25, 0.3) is 0 Å². The standard InChI is InChI=1S/C21H27N5O2/c1-24-13-17(12-22-24)21(28)23-18-8-5-10-25(14-18)15-20(27)26-11-4-7-16-6-2-3-9-19(16)26/h2-3,6,9,12-13,18H,4-5,7-8,10-11,14-15H2,1H3,(H,23,28). The molecule has 1 aromatic carbocycles. The number of carbonyl (C=O) groups excluding carboxylic acids is 2. The van der Waals surface area contributed by atoms with Crippen molar-refractivity contribution in [3.05, 3.63) is 47.8 Å². The largest absolute Gasteiger partial charge is 0.348 e. The van der Waals surface area contributed by atoms with Gasteiger partial charge in [-0.15, -0.1) is 0 Å². The third kappa shape index (κ3) is 4.09. The second-order valence-electron chi connectivity index (χ2n) is 7.73. The van der Waals surface area contributed by atoms with Crippen LogP contribution in [0.1, 0.15) is 35.2 Å². The summed E-state index contributed by atoms with van der Waals surface area (Å²) in [6.07, 6.45) is 7.24. The van der Waals surface area contributed by atoms with E-state index in [1.807, 2.05) is 23.1 Å². The normalized spacial score (nSPS) is 19.9. The molecule has 1 fully saturated rings. The van der Waals surface area contributed by atoms with Crippen LogP contribution in [0.4, 0.5) is 5.69 Å². The monoisotopic (exact) mass is 381 g/mol. The van der Waals surface area contributed by atoms with Gasteiger partial charge in [-0.05, 0) is 43.9 Å². The highest BCUT2D eigenvalue weighted by atomic mass is 16.2. The maximum atomic E-state index is 13.0. The lowest BCUT2D eigenvalue weighted by Gasteiger charge is -2.35. The van der Waals surface area contributed by atoms with Crippen molar-refractivity contribution < 1.29 is 9.59 Å². The maximum Gasteiger partial charge on any atom is 0.254 e. The number of benzene rings is 1. The van der Waals surface area contributed by atoms with Gasteiger partial charge < -0.3 is 10.2 Å². The zero-order valence-corrected chi connectivity index (χ0v) is 16.3. The molecule has 0 radical (unpaired) electrons. The topological polar surface area (TPSA) is 70.5 Å². The molecule has 2 aliphatic heterocycles. The number of aryl methyl sites for hydroxylation is 2. The lowest BCUT2D eigenvalue weighted by atomic mass is 10.0. The van der Waals surface area contributed by atoms with Crippen LogP contribution in [0.15, 0.2) is 36.7 Å². The summed E-state index contributed by atoms with van der Waals surface area (Å²) in [6, 6.07) is 8.24. The van der Waals surface area contributed by atoms with Gasteiger partial charge in [-0.1, -0.05) is 18.2 Å². The molecule has 3 heterocycles. The lowest BCUT2D eigenvalue weighted by molar-refractivity contribution is -0.120. The number of likely N-dealkylation sites (tertiary alicyclic amines) is 1. The third-order valence-corrected chi connectivity index (χ3v) is 5.58. The van der Waals surface area contributed by atoms with E-state index < -0.39 is 0 Å². The van der Waals surface area contributed by atoms with Crippen LogP contribution < -0.4 is 10.2 Å². The highest BCUT2D eigenvalue weighted by Gasteiger charge is 2.27. The average Bonchev–Trinajstić information content (AvgIpc) is 3.14. The van der Waals surface area contributed by atoms with Crippen molar-refractivity contribution in [1.29, 1.82) is 0 Å². The Kier molecular flexibility index (Phi) is 5.43. The average molecular weight is 381 g/mol. The molecular formula is C21H27N5O2. The molecule has 1 aromatic heterocycles. The number of nitrogens with one attached hydrogen (secondary N) is 1. The summed E-state index contributed by atoms with van der Waals surface area (Å²) in [5, 5.41) is 7.14. The van der Waals surface area contributed by atoms with Gasteiger partial charge in [0.25, 0.3) is 5.91 Å². The van der Waals surface area contributed by atoms with Gasteiger partial charge in [-0.25, -0.2) is 0 Å². The van der Waals surface area contributed by atoms with Crippen molar-refractivity contribution >= 4 is 17.5 Å². The first kappa shape index (κ1) is 18.7. The zero-order valence-electron chi connectivity index (χ0n) is 16.3. The van der Waals surface area contributed by atoms with Crippen LogP contribution in [0, 0.1) is 0 Å². The minimum absolute atomic E-state index is 0.0582. The summed E-state index contributed by atoms with van der Waals surface area (Å²) < 4.78 is 1.62.